The Hall–Kier alpha value is -1.14. The zero-order chi connectivity index (χ0) is 15.1. The lowest BCUT2D eigenvalue weighted by atomic mass is 10.1. The van der Waals surface area contributed by atoms with Crippen LogP contribution in [0.4, 0.5) is 0 Å². The molecule has 1 aromatic carbocycles. The Kier molecular flexibility index (Phi) is 6.45. The highest BCUT2D eigenvalue weighted by Gasteiger charge is 2.31. The molecule has 3 N–H and O–H groups in total. The van der Waals surface area contributed by atoms with Crippen molar-refractivity contribution in [1.29, 1.82) is 0 Å². The van der Waals surface area contributed by atoms with E-state index in [1.165, 1.54) is 0 Å². The number of hydrogen-bond acceptors (Lipinski definition) is 4. The van der Waals surface area contributed by atoms with Crippen LogP contribution in [-0.4, -0.2) is 44.8 Å². The summed E-state index contributed by atoms with van der Waals surface area (Å²) >= 11 is 5.93. The summed E-state index contributed by atoms with van der Waals surface area (Å²) in [4.78, 5) is 12.3. The number of halogens is 1. The van der Waals surface area contributed by atoms with Crippen molar-refractivity contribution in [3.05, 3.63) is 34.9 Å². The number of methoxy groups -OCH3 is 1. The van der Waals surface area contributed by atoms with Crippen LogP contribution in [0.3, 0.4) is 0 Å². The van der Waals surface area contributed by atoms with Crippen molar-refractivity contribution >= 4 is 17.5 Å². The van der Waals surface area contributed by atoms with Crippen LogP contribution in [0.15, 0.2) is 24.3 Å². The Morgan fingerprint density at radius 2 is 2.38 bits per heavy atom. The maximum atomic E-state index is 12.3. The molecule has 5 nitrogen and oxygen atoms in total. The van der Waals surface area contributed by atoms with Gasteiger partial charge in [-0.25, -0.2) is 0 Å². The van der Waals surface area contributed by atoms with Crippen molar-refractivity contribution in [2.24, 2.45) is 0 Å². The Morgan fingerprint density at radius 3 is 3.14 bits per heavy atom. The number of carbonyl (C=O) groups is 1. The summed E-state index contributed by atoms with van der Waals surface area (Å²) in [6, 6.07) is 7.47. The molecule has 1 aromatic rings. The van der Waals surface area contributed by atoms with Crippen molar-refractivity contribution in [2.75, 3.05) is 26.8 Å². The summed E-state index contributed by atoms with van der Waals surface area (Å²) < 4.78 is 5.02. The molecule has 0 bridgehead atoms. The SMILES string of the molecule is COCCN[C@@H]1CCN[C@@H]1C(=O)NCc1cccc(Cl)c1. The van der Waals surface area contributed by atoms with Crippen LogP contribution in [0.1, 0.15) is 12.0 Å². The van der Waals surface area contributed by atoms with Crippen LogP contribution in [0.5, 0.6) is 0 Å². The normalized spacial score (nSPS) is 21.4. The van der Waals surface area contributed by atoms with E-state index in [0.29, 0.717) is 18.2 Å². The van der Waals surface area contributed by atoms with Gasteiger partial charge in [-0.05, 0) is 30.7 Å². The fourth-order valence-corrected chi connectivity index (χ4v) is 2.70. The first-order valence-corrected chi connectivity index (χ1v) is 7.56. The molecule has 1 aliphatic heterocycles. The van der Waals surface area contributed by atoms with Gasteiger partial charge in [-0.3, -0.25) is 4.79 Å². The molecular weight excluding hydrogens is 290 g/mol. The van der Waals surface area contributed by atoms with Gasteiger partial charge >= 0.3 is 0 Å². The van der Waals surface area contributed by atoms with Crippen LogP contribution in [0.2, 0.25) is 5.02 Å². The lowest BCUT2D eigenvalue weighted by Crippen LogP contribution is -2.51. The van der Waals surface area contributed by atoms with E-state index in [2.05, 4.69) is 16.0 Å². The van der Waals surface area contributed by atoms with Gasteiger partial charge in [-0.15, -0.1) is 0 Å². The zero-order valence-electron chi connectivity index (χ0n) is 12.2. The highest BCUT2D eigenvalue weighted by atomic mass is 35.5. The van der Waals surface area contributed by atoms with E-state index in [0.717, 1.165) is 25.1 Å². The van der Waals surface area contributed by atoms with Crippen molar-refractivity contribution in [1.82, 2.24) is 16.0 Å². The number of carbonyl (C=O) groups excluding carboxylic acids is 1. The molecular formula is C15H22ClN3O2. The van der Waals surface area contributed by atoms with Gasteiger partial charge in [0.15, 0.2) is 0 Å². The lowest BCUT2D eigenvalue weighted by molar-refractivity contribution is -0.123. The highest BCUT2D eigenvalue weighted by Crippen LogP contribution is 2.11. The van der Waals surface area contributed by atoms with Gasteiger partial charge in [0, 0.05) is 31.3 Å². The first-order chi connectivity index (χ1) is 10.2. The largest absolute Gasteiger partial charge is 0.383 e. The smallest absolute Gasteiger partial charge is 0.239 e. The van der Waals surface area contributed by atoms with Crippen LogP contribution in [-0.2, 0) is 16.1 Å². The van der Waals surface area contributed by atoms with Gasteiger partial charge in [0.2, 0.25) is 5.91 Å². The molecule has 116 valence electrons. The van der Waals surface area contributed by atoms with E-state index in [9.17, 15) is 4.79 Å². The van der Waals surface area contributed by atoms with E-state index in [1.807, 2.05) is 24.3 Å². The van der Waals surface area contributed by atoms with Gasteiger partial charge in [0.05, 0.1) is 6.61 Å². The molecule has 0 aromatic heterocycles. The Bertz CT molecular complexity index is 470. The number of ether oxygens (including phenoxy) is 1. The van der Waals surface area contributed by atoms with Crippen LogP contribution in [0, 0.1) is 0 Å². The lowest BCUT2D eigenvalue weighted by Gasteiger charge is -2.20. The molecule has 1 amide bonds. The molecule has 1 fully saturated rings. The van der Waals surface area contributed by atoms with E-state index in [4.69, 9.17) is 16.3 Å². The second-order valence-corrected chi connectivity index (χ2v) is 5.56. The maximum Gasteiger partial charge on any atom is 0.239 e. The van der Waals surface area contributed by atoms with Crippen LogP contribution < -0.4 is 16.0 Å². The number of hydrogen-bond donors (Lipinski definition) is 3. The molecule has 0 unspecified atom stereocenters. The standard InChI is InChI=1S/C15H22ClN3O2/c1-21-8-7-17-13-5-6-18-14(13)15(20)19-10-11-3-2-4-12(16)9-11/h2-4,9,13-14,17-18H,5-8,10H2,1H3,(H,19,20)/t13-,14+/m1/s1. The minimum Gasteiger partial charge on any atom is -0.383 e. The monoisotopic (exact) mass is 311 g/mol. The van der Waals surface area contributed by atoms with Crippen molar-refractivity contribution < 1.29 is 9.53 Å². The van der Waals surface area contributed by atoms with Crippen LogP contribution >= 0.6 is 11.6 Å². The first kappa shape index (κ1) is 16.2. The maximum absolute atomic E-state index is 12.3. The third kappa shape index (κ3) is 4.97. The summed E-state index contributed by atoms with van der Waals surface area (Å²) in [5.74, 6) is 0.0161. The molecule has 2 rings (SSSR count). The van der Waals surface area contributed by atoms with Crippen LogP contribution in [0.25, 0.3) is 0 Å². The number of amides is 1. The third-order valence-corrected chi connectivity index (χ3v) is 3.81. The molecule has 21 heavy (non-hydrogen) atoms. The third-order valence-electron chi connectivity index (χ3n) is 3.57. The molecule has 1 saturated heterocycles. The van der Waals surface area contributed by atoms with Gasteiger partial charge in [0.1, 0.15) is 6.04 Å². The fourth-order valence-electron chi connectivity index (χ4n) is 2.49. The minimum atomic E-state index is -0.193. The number of nitrogens with one attached hydrogen (secondary N) is 3. The van der Waals surface area contributed by atoms with Crippen molar-refractivity contribution in [3.8, 4) is 0 Å². The van der Waals surface area contributed by atoms with E-state index >= 15 is 0 Å². The van der Waals surface area contributed by atoms with E-state index in [1.54, 1.807) is 7.11 Å². The Balaban J connectivity index is 1.81. The van der Waals surface area contributed by atoms with Crippen molar-refractivity contribution in [3.63, 3.8) is 0 Å². The average Bonchev–Trinajstić information content (AvgIpc) is 2.94. The van der Waals surface area contributed by atoms with E-state index in [-0.39, 0.29) is 18.0 Å². The molecule has 2 atom stereocenters. The Labute approximate surface area is 130 Å². The fraction of sp³-hybridized carbons (Fsp3) is 0.533. The van der Waals surface area contributed by atoms with E-state index < -0.39 is 0 Å². The molecule has 0 saturated carbocycles. The second-order valence-electron chi connectivity index (χ2n) is 5.12. The quantitative estimate of drug-likeness (QED) is 0.655. The summed E-state index contributed by atoms with van der Waals surface area (Å²) in [5, 5.41) is 10.2. The topological polar surface area (TPSA) is 62.4 Å². The number of rotatable bonds is 7. The molecule has 0 radical (unpaired) electrons. The molecule has 0 aliphatic carbocycles. The second kappa shape index (κ2) is 8.34. The molecule has 1 aliphatic rings. The van der Waals surface area contributed by atoms with Gasteiger partial charge in [-0.1, -0.05) is 23.7 Å². The Morgan fingerprint density at radius 1 is 1.52 bits per heavy atom. The van der Waals surface area contributed by atoms with Gasteiger partial charge in [0.25, 0.3) is 0 Å². The molecule has 1 heterocycles. The summed E-state index contributed by atoms with van der Waals surface area (Å²) in [7, 11) is 1.67. The first-order valence-electron chi connectivity index (χ1n) is 7.18. The molecule has 0 spiro atoms. The summed E-state index contributed by atoms with van der Waals surface area (Å²) in [6.45, 7) is 2.73. The van der Waals surface area contributed by atoms with Gasteiger partial charge < -0.3 is 20.7 Å². The predicted octanol–water partition coefficient (Wildman–Crippen LogP) is 0.923. The average molecular weight is 312 g/mol. The highest BCUT2D eigenvalue weighted by molar-refractivity contribution is 6.30. The minimum absolute atomic E-state index is 0.0161. The van der Waals surface area contributed by atoms with Gasteiger partial charge in [-0.2, -0.15) is 0 Å². The van der Waals surface area contributed by atoms with Crippen molar-refractivity contribution in [2.45, 2.75) is 25.0 Å². The summed E-state index contributed by atoms with van der Waals surface area (Å²) in [5.41, 5.74) is 0.998. The molecule has 6 heteroatoms. The predicted molar refractivity (Wildman–Crippen MR) is 83.4 cm³/mol. The number of benzene rings is 1. The summed E-state index contributed by atoms with van der Waals surface area (Å²) in [6.07, 6.45) is 0.943. The zero-order valence-corrected chi connectivity index (χ0v) is 13.0.